The van der Waals surface area contributed by atoms with Crippen LogP contribution in [0.3, 0.4) is 0 Å². The number of carbonyl (C=O) groups excluding carboxylic acids is 1. The topological polar surface area (TPSA) is 185 Å². The number of hydrogen-bond acceptors (Lipinski definition) is 9. The summed E-state index contributed by atoms with van der Waals surface area (Å²) in [5, 5.41) is 21.3. The zero-order valence-electron chi connectivity index (χ0n) is 21.6. The molecule has 0 atom stereocenters. The Hall–Kier alpha value is -4.91. The van der Waals surface area contributed by atoms with E-state index in [2.05, 4.69) is 25.6 Å². The van der Waals surface area contributed by atoms with Crippen LogP contribution in [0.5, 0.6) is 5.88 Å². The van der Waals surface area contributed by atoms with Gasteiger partial charge in [0.2, 0.25) is 11.8 Å². The van der Waals surface area contributed by atoms with E-state index >= 15 is 0 Å². The second-order valence-corrected chi connectivity index (χ2v) is 9.12. The molecule has 208 valence electrons. The van der Waals surface area contributed by atoms with Crippen LogP contribution in [-0.2, 0) is 20.9 Å². The molecule has 5 rings (SSSR count). The first-order chi connectivity index (χ1) is 19.2. The number of methoxy groups -OCH3 is 1. The van der Waals surface area contributed by atoms with E-state index in [4.69, 9.17) is 24.5 Å². The Morgan fingerprint density at radius 2 is 1.77 bits per heavy atom. The summed E-state index contributed by atoms with van der Waals surface area (Å²) < 4.78 is 6.74. The summed E-state index contributed by atoms with van der Waals surface area (Å²) in [5.74, 6) is -3.23. The summed E-state index contributed by atoms with van der Waals surface area (Å²) in [7, 11) is 1.56. The van der Waals surface area contributed by atoms with Gasteiger partial charge in [0.25, 0.3) is 5.56 Å². The van der Waals surface area contributed by atoms with Gasteiger partial charge >= 0.3 is 11.9 Å². The highest BCUT2D eigenvalue weighted by molar-refractivity contribution is 6.27. The molecule has 0 radical (unpaired) electrons. The van der Waals surface area contributed by atoms with E-state index in [-0.39, 0.29) is 23.4 Å². The van der Waals surface area contributed by atoms with E-state index in [1.54, 1.807) is 37.7 Å². The van der Waals surface area contributed by atoms with Crippen LogP contribution in [0.1, 0.15) is 31.4 Å². The lowest BCUT2D eigenvalue weighted by Gasteiger charge is -2.28. The first kappa shape index (κ1) is 28.1. The molecular weight excluding hydrogens is 520 g/mol. The lowest BCUT2D eigenvalue weighted by Crippen LogP contribution is -2.36. The van der Waals surface area contributed by atoms with Gasteiger partial charge in [0.1, 0.15) is 11.2 Å². The molecule has 0 bridgehead atoms. The predicted octanol–water partition coefficient (Wildman–Crippen LogP) is 2.09. The van der Waals surface area contributed by atoms with Gasteiger partial charge in [0.05, 0.1) is 24.0 Å². The Labute approximate surface area is 227 Å². The lowest BCUT2D eigenvalue weighted by atomic mass is 9.85. The molecule has 1 aliphatic rings. The van der Waals surface area contributed by atoms with E-state index in [0.29, 0.717) is 34.8 Å². The fourth-order valence-electron chi connectivity index (χ4n) is 4.46. The third-order valence-electron chi connectivity index (χ3n) is 6.50. The summed E-state index contributed by atoms with van der Waals surface area (Å²) in [6, 6.07) is 12.7. The minimum atomic E-state index is -1.82. The van der Waals surface area contributed by atoms with Crippen molar-refractivity contribution in [3.8, 4) is 5.88 Å². The first-order valence-corrected chi connectivity index (χ1v) is 12.5. The molecule has 0 aliphatic heterocycles. The summed E-state index contributed by atoms with van der Waals surface area (Å²) in [4.78, 5) is 56.7. The standard InChI is InChI=1S/C25H26N6O3.C2H2O4/c1-34-22-10-9-19-24(30-22)20(11-12-26-19)29-25(33)16-5-7-17(8-6-16)27-15-18-14-23(32)31-13-3-2-4-21(31)28-18;3-1(4)2(5)6/h2-4,9-14,16-17,27H,5-8,15H2,1H3,(H,26,29,33);(H,3,4)(H,5,6). The van der Waals surface area contributed by atoms with Gasteiger partial charge in [-0.05, 0) is 49.9 Å². The van der Waals surface area contributed by atoms with Crippen LogP contribution >= 0.6 is 0 Å². The highest BCUT2D eigenvalue weighted by Gasteiger charge is 2.26. The van der Waals surface area contributed by atoms with Crippen molar-refractivity contribution >= 4 is 40.2 Å². The maximum atomic E-state index is 13.0. The normalized spacial score (nSPS) is 16.5. The van der Waals surface area contributed by atoms with Gasteiger partial charge in [-0.2, -0.15) is 0 Å². The van der Waals surface area contributed by atoms with Crippen molar-refractivity contribution in [2.24, 2.45) is 5.92 Å². The summed E-state index contributed by atoms with van der Waals surface area (Å²) in [6.45, 7) is 0.526. The zero-order chi connectivity index (χ0) is 28.6. The number of rotatable bonds is 6. The SMILES string of the molecule is COc1ccc2nccc(NC(=O)C3CCC(NCc4cc(=O)n5ccccc5n4)CC3)c2n1.O=C(O)C(=O)O. The molecule has 13 nitrogen and oxygen atoms in total. The first-order valence-electron chi connectivity index (χ1n) is 12.5. The number of carbonyl (C=O) groups is 3. The quantitative estimate of drug-likeness (QED) is 0.259. The number of nitrogens with zero attached hydrogens (tertiary/aromatic N) is 4. The van der Waals surface area contributed by atoms with Crippen molar-refractivity contribution in [3.05, 3.63) is 70.9 Å². The summed E-state index contributed by atoms with van der Waals surface area (Å²) in [5.41, 5.74) is 3.24. The molecule has 40 heavy (non-hydrogen) atoms. The molecule has 0 unspecified atom stereocenters. The number of carboxylic acids is 2. The molecule has 4 aromatic rings. The number of fused-ring (bicyclic) bond motifs is 2. The number of hydrogen-bond donors (Lipinski definition) is 4. The molecule has 0 spiro atoms. The van der Waals surface area contributed by atoms with E-state index in [0.717, 1.165) is 31.4 Å². The van der Waals surface area contributed by atoms with Gasteiger partial charge in [-0.15, -0.1) is 0 Å². The minimum Gasteiger partial charge on any atom is -0.481 e. The number of pyridine rings is 3. The number of aliphatic carboxylic acids is 2. The van der Waals surface area contributed by atoms with Gasteiger partial charge in [0, 0.05) is 43.0 Å². The Bertz CT molecular complexity index is 1590. The molecule has 0 aromatic carbocycles. The molecule has 1 saturated carbocycles. The third-order valence-corrected chi connectivity index (χ3v) is 6.50. The molecular formula is C27H28N6O7. The van der Waals surface area contributed by atoms with Crippen molar-refractivity contribution in [1.29, 1.82) is 0 Å². The Kier molecular flexibility index (Phi) is 8.96. The number of anilines is 1. The maximum Gasteiger partial charge on any atom is 0.414 e. The van der Waals surface area contributed by atoms with Gasteiger partial charge in [-0.25, -0.2) is 19.6 Å². The second kappa shape index (κ2) is 12.8. The van der Waals surface area contributed by atoms with Gasteiger partial charge in [-0.1, -0.05) is 6.07 Å². The van der Waals surface area contributed by atoms with Crippen molar-refractivity contribution in [1.82, 2.24) is 24.7 Å². The average Bonchev–Trinajstić information content (AvgIpc) is 2.96. The smallest absolute Gasteiger partial charge is 0.414 e. The van der Waals surface area contributed by atoms with Crippen LogP contribution < -0.4 is 20.9 Å². The van der Waals surface area contributed by atoms with E-state index in [9.17, 15) is 9.59 Å². The Morgan fingerprint density at radius 1 is 1.02 bits per heavy atom. The monoisotopic (exact) mass is 548 g/mol. The zero-order valence-corrected chi connectivity index (χ0v) is 21.6. The number of amides is 1. The fraction of sp³-hybridized carbons (Fsp3) is 0.296. The van der Waals surface area contributed by atoms with Crippen molar-refractivity contribution in [3.63, 3.8) is 0 Å². The van der Waals surface area contributed by atoms with Crippen molar-refractivity contribution in [2.45, 2.75) is 38.3 Å². The predicted molar refractivity (Wildman–Crippen MR) is 144 cm³/mol. The van der Waals surface area contributed by atoms with Gasteiger partial charge < -0.3 is 25.6 Å². The van der Waals surface area contributed by atoms with Crippen molar-refractivity contribution < 1.29 is 29.3 Å². The van der Waals surface area contributed by atoms with Crippen LogP contribution in [0, 0.1) is 5.92 Å². The highest BCUT2D eigenvalue weighted by atomic mass is 16.5. The van der Waals surface area contributed by atoms with Crippen LogP contribution in [-0.4, -0.2) is 60.6 Å². The Morgan fingerprint density at radius 3 is 2.48 bits per heavy atom. The molecule has 1 aliphatic carbocycles. The summed E-state index contributed by atoms with van der Waals surface area (Å²) in [6.07, 6.45) is 6.73. The minimum absolute atomic E-state index is 0.000197. The van der Waals surface area contributed by atoms with Gasteiger partial charge in [0.15, 0.2) is 0 Å². The van der Waals surface area contributed by atoms with E-state index < -0.39 is 11.9 Å². The third kappa shape index (κ3) is 6.94. The number of carboxylic acid groups (broad SMARTS) is 2. The van der Waals surface area contributed by atoms with Crippen LogP contribution in [0.15, 0.2) is 59.7 Å². The van der Waals surface area contributed by atoms with Crippen molar-refractivity contribution in [2.75, 3.05) is 12.4 Å². The number of ether oxygens (including phenoxy) is 1. The molecule has 13 heteroatoms. The van der Waals surface area contributed by atoms with Crippen LogP contribution in [0.25, 0.3) is 16.7 Å². The van der Waals surface area contributed by atoms with E-state index in [1.165, 1.54) is 4.40 Å². The molecule has 4 heterocycles. The molecule has 4 N–H and O–H groups in total. The van der Waals surface area contributed by atoms with E-state index in [1.807, 2.05) is 24.3 Å². The lowest BCUT2D eigenvalue weighted by molar-refractivity contribution is -0.159. The second-order valence-electron chi connectivity index (χ2n) is 9.12. The molecule has 1 amide bonds. The number of aromatic nitrogens is 4. The molecule has 4 aromatic heterocycles. The largest absolute Gasteiger partial charge is 0.481 e. The maximum absolute atomic E-state index is 13.0. The molecule has 0 saturated heterocycles. The van der Waals surface area contributed by atoms with Gasteiger partial charge in [-0.3, -0.25) is 19.0 Å². The fourth-order valence-corrected chi connectivity index (χ4v) is 4.46. The van der Waals surface area contributed by atoms with Crippen LogP contribution in [0.2, 0.25) is 0 Å². The Balaban J connectivity index is 0.000000557. The molecule has 1 fully saturated rings. The average molecular weight is 549 g/mol. The van der Waals surface area contributed by atoms with Crippen LogP contribution in [0.4, 0.5) is 5.69 Å². The summed E-state index contributed by atoms with van der Waals surface area (Å²) >= 11 is 0. The highest BCUT2D eigenvalue weighted by Crippen LogP contribution is 2.28. The number of nitrogens with one attached hydrogen (secondary N) is 2.